The van der Waals surface area contributed by atoms with Crippen LogP contribution in [0.2, 0.25) is 0 Å². The van der Waals surface area contributed by atoms with Gasteiger partial charge in [-0.15, -0.1) is 0 Å². The average Bonchev–Trinajstić information content (AvgIpc) is 2.60. The fraction of sp³-hybridized carbons (Fsp3) is 0.500. The van der Waals surface area contributed by atoms with E-state index in [-0.39, 0.29) is 64.3 Å². The van der Waals surface area contributed by atoms with Crippen molar-refractivity contribution in [1.29, 1.82) is 0 Å². The Morgan fingerprint density at radius 3 is 2.86 bits per heavy atom. The zero-order chi connectivity index (χ0) is 9.59. The molecule has 72 valence electrons. The summed E-state index contributed by atoms with van der Waals surface area (Å²) in [6.45, 7) is 0. The standard InChI is InChI=1S/C8H9FN2O2.K.H/c1-11-7(4-2-6(4)9)5(3-10-11)8(12)13;;/h3-4,6H,2H2,1H3,(H,12,13);;/q;+1;-1. The van der Waals surface area contributed by atoms with Gasteiger partial charge in [-0.2, -0.15) is 5.10 Å². The number of aromatic carboxylic acids is 1. The molecule has 14 heavy (non-hydrogen) atoms. The molecule has 2 rings (SSSR count). The smallest absolute Gasteiger partial charge is 1.00 e. The molecule has 1 heterocycles. The van der Waals surface area contributed by atoms with Crippen LogP contribution in [0.4, 0.5) is 4.39 Å². The van der Waals surface area contributed by atoms with E-state index in [9.17, 15) is 9.18 Å². The number of carbonyl (C=O) groups is 1. The number of halogens is 1. The van der Waals surface area contributed by atoms with Crippen LogP contribution >= 0.6 is 0 Å². The Morgan fingerprint density at radius 2 is 2.43 bits per heavy atom. The summed E-state index contributed by atoms with van der Waals surface area (Å²) in [7, 11) is 1.63. The number of alkyl halides is 1. The fourth-order valence-corrected chi connectivity index (χ4v) is 1.50. The first-order valence-corrected chi connectivity index (χ1v) is 4.00. The third-order valence-electron chi connectivity index (χ3n) is 2.28. The van der Waals surface area contributed by atoms with E-state index in [2.05, 4.69) is 5.10 Å². The Kier molecular flexibility index (Phi) is 3.87. The molecule has 0 aromatic carbocycles. The van der Waals surface area contributed by atoms with Crippen LogP contribution in [0.25, 0.3) is 0 Å². The second-order valence-corrected chi connectivity index (χ2v) is 3.23. The SMILES string of the molecule is Cn1ncc(C(=O)O)c1C1CC1F.[H-].[K+]. The summed E-state index contributed by atoms with van der Waals surface area (Å²) in [6, 6.07) is 0. The molecule has 1 aliphatic rings. The third-order valence-corrected chi connectivity index (χ3v) is 2.28. The van der Waals surface area contributed by atoms with Crippen LogP contribution in [0.3, 0.4) is 0 Å². The topological polar surface area (TPSA) is 55.1 Å². The maximum Gasteiger partial charge on any atom is 1.00 e. The molecule has 0 spiro atoms. The molecule has 2 atom stereocenters. The molecule has 6 heteroatoms. The second-order valence-electron chi connectivity index (χ2n) is 3.23. The first-order chi connectivity index (χ1) is 6.11. The summed E-state index contributed by atoms with van der Waals surface area (Å²) >= 11 is 0. The van der Waals surface area contributed by atoms with Gasteiger partial charge in [0.1, 0.15) is 11.7 Å². The van der Waals surface area contributed by atoms with E-state index in [1.807, 2.05) is 0 Å². The van der Waals surface area contributed by atoms with Crippen molar-refractivity contribution in [1.82, 2.24) is 9.78 Å². The summed E-state index contributed by atoms with van der Waals surface area (Å²) < 4.78 is 14.2. The monoisotopic (exact) mass is 224 g/mol. The van der Waals surface area contributed by atoms with Gasteiger partial charge in [-0.1, -0.05) is 0 Å². The molecule has 0 amide bonds. The molecule has 4 nitrogen and oxygen atoms in total. The number of carboxylic acids is 1. The number of aromatic nitrogens is 2. The van der Waals surface area contributed by atoms with E-state index in [4.69, 9.17) is 5.11 Å². The first kappa shape index (κ1) is 12.3. The van der Waals surface area contributed by atoms with Crippen molar-refractivity contribution in [3.63, 3.8) is 0 Å². The Balaban J connectivity index is 0.000000980. The number of hydrogen-bond donors (Lipinski definition) is 1. The van der Waals surface area contributed by atoms with Crippen LogP contribution in [0.1, 0.15) is 29.8 Å². The maximum atomic E-state index is 12.7. The van der Waals surface area contributed by atoms with Gasteiger partial charge in [0, 0.05) is 13.0 Å². The van der Waals surface area contributed by atoms with Crippen molar-refractivity contribution in [2.75, 3.05) is 0 Å². The third kappa shape index (κ3) is 2.09. The van der Waals surface area contributed by atoms with Gasteiger partial charge in [0.05, 0.1) is 11.9 Å². The summed E-state index contributed by atoms with van der Waals surface area (Å²) in [5.74, 6) is -1.30. The molecular formula is C8H10FKN2O2. The van der Waals surface area contributed by atoms with Crippen LogP contribution in [-0.4, -0.2) is 27.0 Å². The van der Waals surface area contributed by atoms with Crippen LogP contribution in [0.15, 0.2) is 6.20 Å². The molecule has 1 fully saturated rings. The summed E-state index contributed by atoms with van der Waals surface area (Å²) in [5, 5.41) is 12.6. The van der Waals surface area contributed by atoms with Crippen molar-refractivity contribution in [2.45, 2.75) is 18.5 Å². The number of hydrogen-bond acceptors (Lipinski definition) is 2. The zero-order valence-electron chi connectivity index (χ0n) is 9.07. The molecule has 1 aromatic rings. The Bertz CT molecular complexity index is 372. The van der Waals surface area contributed by atoms with Crippen molar-refractivity contribution >= 4 is 5.97 Å². The van der Waals surface area contributed by atoms with Gasteiger partial charge in [0.25, 0.3) is 0 Å². The van der Waals surface area contributed by atoms with Gasteiger partial charge in [-0.3, -0.25) is 4.68 Å². The largest absolute Gasteiger partial charge is 1.00 e. The Labute approximate surface area is 124 Å². The number of rotatable bonds is 2. The second kappa shape index (κ2) is 4.40. The minimum absolute atomic E-state index is 0. The van der Waals surface area contributed by atoms with Gasteiger partial charge >= 0.3 is 57.4 Å². The van der Waals surface area contributed by atoms with Crippen LogP contribution in [-0.2, 0) is 7.05 Å². The van der Waals surface area contributed by atoms with Gasteiger partial charge in [-0.05, 0) is 6.42 Å². The van der Waals surface area contributed by atoms with Gasteiger partial charge in [0.15, 0.2) is 0 Å². The van der Waals surface area contributed by atoms with Crippen molar-refractivity contribution in [2.24, 2.45) is 7.05 Å². The van der Waals surface area contributed by atoms with Crippen LogP contribution < -0.4 is 51.4 Å². The Hall–Kier alpha value is 0.246. The number of nitrogens with zero attached hydrogens (tertiary/aromatic N) is 2. The summed E-state index contributed by atoms with van der Waals surface area (Å²) in [4.78, 5) is 10.7. The molecule has 0 aliphatic heterocycles. The van der Waals surface area contributed by atoms with Gasteiger partial charge < -0.3 is 6.53 Å². The summed E-state index contributed by atoms with van der Waals surface area (Å²) in [5.41, 5.74) is 0.618. The van der Waals surface area contributed by atoms with Crippen LogP contribution in [0, 0.1) is 0 Å². The molecule has 0 radical (unpaired) electrons. The number of aryl methyl sites for hydroxylation is 1. The molecule has 1 aliphatic carbocycles. The van der Waals surface area contributed by atoms with Crippen molar-refractivity contribution in [3.05, 3.63) is 17.5 Å². The van der Waals surface area contributed by atoms with E-state index < -0.39 is 12.1 Å². The van der Waals surface area contributed by atoms with Gasteiger partial charge in [-0.25, -0.2) is 9.18 Å². The maximum absolute atomic E-state index is 12.7. The van der Waals surface area contributed by atoms with Crippen LogP contribution in [0.5, 0.6) is 0 Å². The van der Waals surface area contributed by atoms with Crippen molar-refractivity contribution < 1.29 is 67.1 Å². The molecule has 0 bridgehead atoms. The molecule has 1 saturated carbocycles. The van der Waals surface area contributed by atoms with E-state index in [0.717, 1.165) is 0 Å². The van der Waals surface area contributed by atoms with Gasteiger partial charge in [0.2, 0.25) is 0 Å². The quantitative estimate of drug-likeness (QED) is 0.595. The minimum Gasteiger partial charge on any atom is -1.00 e. The summed E-state index contributed by atoms with van der Waals surface area (Å²) in [6.07, 6.45) is 0.788. The molecular weight excluding hydrogens is 214 g/mol. The normalized spacial score (nSPS) is 24.1. The first-order valence-electron chi connectivity index (χ1n) is 4.00. The van der Waals surface area contributed by atoms with Crippen molar-refractivity contribution in [3.8, 4) is 0 Å². The van der Waals surface area contributed by atoms with E-state index in [1.165, 1.54) is 10.9 Å². The Morgan fingerprint density at radius 1 is 1.86 bits per heavy atom. The predicted octanol–water partition coefficient (Wildman–Crippen LogP) is -1.94. The zero-order valence-corrected chi connectivity index (χ0v) is 11.2. The molecule has 0 saturated heterocycles. The molecule has 1 aromatic heterocycles. The predicted molar refractivity (Wildman–Crippen MR) is 43.5 cm³/mol. The van der Waals surface area contributed by atoms with E-state index >= 15 is 0 Å². The van der Waals surface area contributed by atoms with E-state index in [0.29, 0.717) is 12.1 Å². The average molecular weight is 224 g/mol. The minimum atomic E-state index is -1.04. The number of carboxylic acid groups (broad SMARTS) is 1. The van der Waals surface area contributed by atoms with E-state index in [1.54, 1.807) is 7.05 Å². The molecule has 1 N–H and O–H groups in total. The fourth-order valence-electron chi connectivity index (χ4n) is 1.50. The molecule has 2 unspecified atom stereocenters.